The number of nitrogens with zero attached hydrogens (tertiary/aromatic N) is 1. The second kappa shape index (κ2) is 4.61. The van der Waals surface area contributed by atoms with Crippen LogP contribution in [0.15, 0.2) is 16.5 Å². The highest BCUT2D eigenvalue weighted by Gasteiger charge is 2.29. The summed E-state index contributed by atoms with van der Waals surface area (Å²) in [4.78, 5) is 24.4. The summed E-state index contributed by atoms with van der Waals surface area (Å²) in [5, 5.41) is 11.0. The lowest BCUT2D eigenvalue weighted by atomic mass is 10.0. The van der Waals surface area contributed by atoms with Crippen LogP contribution in [0.2, 0.25) is 0 Å². The van der Waals surface area contributed by atoms with Crippen LogP contribution in [0.5, 0.6) is 0 Å². The molecule has 0 bridgehead atoms. The highest BCUT2D eigenvalue weighted by atomic mass is 16.4. The van der Waals surface area contributed by atoms with Crippen LogP contribution in [0.25, 0.3) is 0 Å². The Labute approximate surface area is 99.0 Å². The van der Waals surface area contributed by atoms with Gasteiger partial charge < -0.3 is 19.2 Å². The van der Waals surface area contributed by atoms with Gasteiger partial charge in [0.15, 0.2) is 5.76 Å². The molecule has 1 aromatic heterocycles. The van der Waals surface area contributed by atoms with Crippen molar-refractivity contribution in [2.45, 2.75) is 32.2 Å². The first-order valence-electron chi connectivity index (χ1n) is 5.68. The minimum absolute atomic E-state index is 0.190. The van der Waals surface area contributed by atoms with Crippen LogP contribution in [-0.4, -0.2) is 29.4 Å². The van der Waals surface area contributed by atoms with E-state index in [4.69, 9.17) is 4.42 Å². The Hall–Kier alpha value is -1.78. The maximum Gasteiger partial charge on any atom is 0.290 e. The number of likely N-dealkylation sites (tertiary alicyclic amines) is 1. The van der Waals surface area contributed by atoms with Crippen molar-refractivity contribution in [3.8, 4) is 0 Å². The minimum Gasteiger partial charge on any atom is -0.548 e. The van der Waals surface area contributed by atoms with E-state index in [1.165, 1.54) is 4.90 Å². The zero-order valence-electron chi connectivity index (χ0n) is 9.64. The summed E-state index contributed by atoms with van der Waals surface area (Å²) in [5.74, 6) is -0.737. The van der Waals surface area contributed by atoms with Gasteiger partial charge in [-0.15, -0.1) is 0 Å². The van der Waals surface area contributed by atoms with Gasteiger partial charge in [0, 0.05) is 6.54 Å². The number of hydrogen-bond donors (Lipinski definition) is 0. The molecule has 2 heterocycles. The summed E-state index contributed by atoms with van der Waals surface area (Å²) in [7, 11) is 0. The first kappa shape index (κ1) is 11.7. The van der Waals surface area contributed by atoms with Gasteiger partial charge in [0.05, 0.1) is 12.0 Å². The van der Waals surface area contributed by atoms with Gasteiger partial charge in [0.25, 0.3) is 5.91 Å². The fraction of sp³-hybridized carbons (Fsp3) is 0.500. The standard InChI is InChI=1S/C12H15NO4/c1-8-5-6-10(17-8)11(14)13-7-3-2-4-9(13)12(15)16/h5-6,9H,2-4,7H2,1H3,(H,15,16)/p-1/t9-/m1/s1. The number of carboxylic acids is 1. The van der Waals surface area contributed by atoms with Gasteiger partial charge >= 0.3 is 0 Å². The normalized spacial score (nSPS) is 20.3. The largest absolute Gasteiger partial charge is 0.548 e. The van der Waals surface area contributed by atoms with Gasteiger partial charge in [-0.1, -0.05) is 0 Å². The van der Waals surface area contributed by atoms with Gasteiger partial charge in [0.2, 0.25) is 0 Å². The number of aryl methyl sites for hydroxylation is 1. The van der Waals surface area contributed by atoms with Crippen molar-refractivity contribution in [3.63, 3.8) is 0 Å². The van der Waals surface area contributed by atoms with Crippen molar-refractivity contribution in [2.24, 2.45) is 0 Å². The molecule has 1 atom stereocenters. The summed E-state index contributed by atoms with van der Waals surface area (Å²) in [6.07, 6.45) is 2.07. The van der Waals surface area contributed by atoms with Crippen LogP contribution >= 0.6 is 0 Å². The average molecular weight is 236 g/mol. The summed E-state index contributed by atoms with van der Waals surface area (Å²) in [6.45, 7) is 2.18. The van der Waals surface area contributed by atoms with Gasteiger partial charge in [-0.2, -0.15) is 0 Å². The number of furan rings is 1. The molecule has 5 heteroatoms. The van der Waals surface area contributed by atoms with E-state index in [1.54, 1.807) is 19.1 Å². The molecule has 1 saturated heterocycles. The molecule has 92 valence electrons. The Kier molecular flexibility index (Phi) is 3.17. The van der Waals surface area contributed by atoms with Crippen molar-refractivity contribution in [2.75, 3.05) is 6.54 Å². The van der Waals surface area contributed by atoms with Crippen molar-refractivity contribution in [1.82, 2.24) is 4.90 Å². The Morgan fingerprint density at radius 2 is 2.18 bits per heavy atom. The highest BCUT2D eigenvalue weighted by molar-refractivity contribution is 5.94. The summed E-state index contributed by atoms with van der Waals surface area (Å²) < 4.78 is 5.22. The summed E-state index contributed by atoms with van der Waals surface area (Å²) in [6, 6.07) is 2.42. The molecular formula is C12H14NO4-. The van der Waals surface area contributed by atoms with Gasteiger partial charge in [-0.25, -0.2) is 0 Å². The molecule has 17 heavy (non-hydrogen) atoms. The molecule has 1 aromatic rings. The molecule has 1 aliphatic rings. The van der Waals surface area contributed by atoms with E-state index in [9.17, 15) is 14.7 Å². The molecule has 0 radical (unpaired) electrons. The first-order chi connectivity index (χ1) is 8.09. The van der Waals surface area contributed by atoms with E-state index in [2.05, 4.69) is 0 Å². The third-order valence-electron chi connectivity index (χ3n) is 2.99. The molecular weight excluding hydrogens is 222 g/mol. The molecule has 5 nitrogen and oxygen atoms in total. The lowest BCUT2D eigenvalue weighted by Gasteiger charge is -2.35. The molecule has 2 rings (SSSR count). The second-order valence-corrected chi connectivity index (χ2v) is 4.24. The molecule has 0 spiro atoms. The van der Waals surface area contributed by atoms with Crippen LogP contribution in [0.3, 0.4) is 0 Å². The van der Waals surface area contributed by atoms with E-state index >= 15 is 0 Å². The number of aliphatic carboxylic acids is 1. The quantitative estimate of drug-likeness (QED) is 0.741. The van der Waals surface area contributed by atoms with Gasteiger partial charge in [-0.3, -0.25) is 4.79 Å². The molecule has 1 fully saturated rings. The summed E-state index contributed by atoms with van der Waals surface area (Å²) >= 11 is 0. The van der Waals surface area contributed by atoms with Crippen LogP contribution in [0.4, 0.5) is 0 Å². The molecule has 0 aliphatic carbocycles. The fourth-order valence-corrected chi connectivity index (χ4v) is 2.11. The maximum atomic E-state index is 12.1. The second-order valence-electron chi connectivity index (χ2n) is 4.24. The molecule has 1 aliphatic heterocycles. The Balaban J connectivity index is 2.19. The Morgan fingerprint density at radius 3 is 2.76 bits per heavy atom. The number of carbonyl (C=O) groups excluding carboxylic acids is 2. The number of rotatable bonds is 2. The molecule has 1 amide bonds. The smallest absolute Gasteiger partial charge is 0.290 e. The van der Waals surface area contributed by atoms with Crippen molar-refractivity contribution < 1.29 is 19.1 Å². The van der Waals surface area contributed by atoms with Crippen molar-refractivity contribution >= 4 is 11.9 Å². The number of amides is 1. The Bertz CT molecular complexity index is 437. The fourth-order valence-electron chi connectivity index (χ4n) is 2.11. The third-order valence-corrected chi connectivity index (χ3v) is 2.99. The first-order valence-corrected chi connectivity index (χ1v) is 5.68. The highest BCUT2D eigenvalue weighted by Crippen LogP contribution is 2.20. The van der Waals surface area contributed by atoms with Crippen LogP contribution < -0.4 is 5.11 Å². The zero-order valence-corrected chi connectivity index (χ0v) is 9.64. The van der Waals surface area contributed by atoms with E-state index in [1.807, 2.05) is 0 Å². The monoisotopic (exact) mass is 236 g/mol. The molecule has 0 saturated carbocycles. The number of piperidine rings is 1. The number of hydrogen-bond acceptors (Lipinski definition) is 4. The Morgan fingerprint density at radius 1 is 1.41 bits per heavy atom. The zero-order chi connectivity index (χ0) is 12.4. The lowest BCUT2D eigenvalue weighted by Crippen LogP contribution is -2.52. The predicted molar refractivity (Wildman–Crippen MR) is 57.1 cm³/mol. The third kappa shape index (κ3) is 2.33. The molecule has 0 N–H and O–H groups in total. The topological polar surface area (TPSA) is 73.6 Å². The van der Waals surface area contributed by atoms with Crippen LogP contribution in [-0.2, 0) is 4.79 Å². The van der Waals surface area contributed by atoms with E-state index in [-0.39, 0.29) is 11.7 Å². The van der Waals surface area contributed by atoms with Crippen LogP contribution in [0.1, 0.15) is 35.6 Å². The number of carbonyl (C=O) groups is 2. The number of carboxylic acid groups (broad SMARTS) is 1. The van der Waals surface area contributed by atoms with Gasteiger partial charge in [-0.05, 0) is 38.3 Å². The van der Waals surface area contributed by atoms with E-state index in [0.717, 1.165) is 12.8 Å². The minimum atomic E-state index is -1.19. The molecule has 0 unspecified atom stereocenters. The summed E-state index contributed by atoms with van der Waals surface area (Å²) in [5.41, 5.74) is 0. The molecule has 0 aromatic carbocycles. The van der Waals surface area contributed by atoms with E-state index < -0.39 is 12.0 Å². The maximum absolute atomic E-state index is 12.1. The average Bonchev–Trinajstić information content (AvgIpc) is 2.75. The SMILES string of the molecule is Cc1ccc(C(=O)N2CCCC[C@@H]2C(=O)[O-])o1. The van der Waals surface area contributed by atoms with Crippen LogP contribution in [0, 0.1) is 6.92 Å². The van der Waals surface area contributed by atoms with Gasteiger partial charge in [0.1, 0.15) is 5.76 Å². The van der Waals surface area contributed by atoms with E-state index in [0.29, 0.717) is 18.7 Å². The lowest BCUT2D eigenvalue weighted by molar-refractivity contribution is -0.311. The van der Waals surface area contributed by atoms with Crippen molar-refractivity contribution in [1.29, 1.82) is 0 Å². The predicted octanol–water partition coefficient (Wildman–Crippen LogP) is 0.333. The van der Waals surface area contributed by atoms with Crippen molar-refractivity contribution in [3.05, 3.63) is 23.7 Å².